The van der Waals surface area contributed by atoms with Gasteiger partial charge in [0.2, 0.25) is 5.91 Å². The van der Waals surface area contributed by atoms with Crippen molar-refractivity contribution in [2.45, 2.75) is 45.8 Å². The SMILES string of the molecule is COc1ccc(C(=O)O)cc1C=C(CNC(C)=O)B1OC(C)(C)C(C)(C)O1. The maximum absolute atomic E-state index is 11.4. The lowest BCUT2D eigenvalue weighted by Crippen LogP contribution is -2.41. The third-order valence-electron chi connectivity index (χ3n) is 4.92. The van der Waals surface area contributed by atoms with E-state index < -0.39 is 24.3 Å². The summed E-state index contributed by atoms with van der Waals surface area (Å²) in [6, 6.07) is 4.58. The summed E-state index contributed by atoms with van der Waals surface area (Å²) in [5, 5.41) is 12.0. The van der Waals surface area contributed by atoms with Gasteiger partial charge in [0, 0.05) is 19.0 Å². The van der Waals surface area contributed by atoms with Crippen LogP contribution in [0.4, 0.5) is 0 Å². The quantitative estimate of drug-likeness (QED) is 0.743. The van der Waals surface area contributed by atoms with Crippen molar-refractivity contribution in [3.8, 4) is 5.75 Å². The largest absolute Gasteiger partial charge is 0.496 e. The molecule has 146 valence electrons. The third kappa shape index (κ3) is 4.70. The normalized spacial score (nSPS) is 18.3. The van der Waals surface area contributed by atoms with Gasteiger partial charge in [-0.15, -0.1) is 0 Å². The van der Waals surface area contributed by atoms with Gasteiger partial charge in [0.05, 0.1) is 23.9 Å². The molecule has 1 saturated heterocycles. The molecule has 0 unspecified atom stereocenters. The Morgan fingerprint density at radius 3 is 2.30 bits per heavy atom. The lowest BCUT2D eigenvalue weighted by molar-refractivity contribution is -0.118. The fourth-order valence-corrected chi connectivity index (χ4v) is 2.60. The molecule has 1 aromatic rings. The van der Waals surface area contributed by atoms with Gasteiger partial charge >= 0.3 is 13.1 Å². The summed E-state index contributed by atoms with van der Waals surface area (Å²) < 4.78 is 17.5. The minimum atomic E-state index is -1.04. The molecule has 0 bridgehead atoms. The fraction of sp³-hybridized carbons (Fsp3) is 0.474. The van der Waals surface area contributed by atoms with Gasteiger partial charge in [-0.2, -0.15) is 0 Å². The highest BCUT2D eigenvalue weighted by Crippen LogP contribution is 2.39. The molecule has 1 aromatic carbocycles. The minimum Gasteiger partial charge on any atom is -0.496 e. The third-order valence-corrected chi connectivity index (χ3v) is 4.92. The zero-order chi connectivity index (χ0) is 20.4. The number of amides is 1. The Morgan fingerprint density at radius 1 is 1.22 bits per heavy atom. The zero-order valence-corrected chi connectivity index (χ0v) is 16.6. The molecule has 1 aliphatic rings. The summed E-state index contributed by atoms with van der Waals surface area (Å²) in [5.41, 5.74) is 0.270. The van der Waals surface area contributed by atoms with Gasteiger partial charge in [-0.25, -0.2) is 4.79 Å². The number of hydrogen-bond donors (Lipinski definition) is 2. The molecule has 2 rings (SSSR count). The first kappa shape index (κ1) is 21.0. The summed E-state index contributed by atoms with van der Waals surface area (Å²) in [5.74, 6) is -0.716. The highest BCUT2D eigenvalue weighted by atomic mass is 16.7. The predicted octanol–water partition coefficient (Wildman–Crippen LogP) is 2.54. The Kier molecular flexibility index (Phi) is 6.02. The fourth-order valence-electron chi connectivity index (χ4n) is 2.60. The molecule has 0 saturated carbocycles. The van der Waals surface area contributed by atoms with Crippen molar-refractivity contribution in [1.29, 1.82) is 0 Å². The molecular formula is C19H26BNO6. The van der Waals surface area contributed by atoms with E-state index in [1.54, 1.807) is 12.1 Å². The maximum atomic E-state index is 11.4. The number of carboxylic acids is 1. The van der Waals surface area contributed by atoms with Crippen LogP contribution >= 0.6 is 0 Å². The van der Waals surface area contributed by atoms with E-state index in [2.05, 4.69) is 5.32 Å². The van der Waals surface area contributed by atoms with Crippen molar-refractivity contribution in [2.24, 2.45) is 0 Å². The van der Waals surface area contributed by atoms with E-state index in [9.17, 15) is 14.7 Å². The zero-order valence-electron chi connectivity index (χ0n) is 16.6. The van der Waals surface area contributed by atoms with E-state index in [1.165, 1.54) is 26.2 Å². The first-order valence-electron chi connectivity index (χ1n) is 8.69. The van der Waals surface area contributed by atoms with E-state index in [1.807, 2.05) is 27.7 Å². The maximum Gasteiger partial charge on any atom is 0.492 e. The topological polar surface area (TPSA) is 94.1 Å². The number of carbonyl (C=O) groups is 2. The highest BCUT2D eigenvalue weighted by Gasteiger charge is 2.52. The average molecular weight is 375 g/mol. The molecule has 0 aromatic heterocycles. The van der Waals surface area contributed by atoms with Gasteiger partial charge in [0.25, 0.3) is 0 Å². The number of benzene rings is 1. The summed E-state index contributed by atoms with van der Waals surface area (Å²) in [4.78, 5) is 22.7. The van der Waals surface area contributed by atoms with Crippen LogP contribution in [0.25, 0.3) is 6.08 Å². The molecular weight excluding hydrogens is 349 g/mol. The second kappa shape index (κ2) is 7.74. The van der Waals surface area contributed by atoms with Crippen molar-refractivity contribution in [1.82, 2.24) is 5.32 Å². The molecule has 7 nitrogen and oxygen atoms in total. The molecule has 0 radical (unpaired) electrons. The Morgan fingerprint density at radius 2 is 1.81 bits per heavy atom. The number of carboxylic acid groups (broad SMARTS) is 1. The van der Waals surface area contributed by atoms with Gasteiger partial charge in [-0.05, 0) is 51.4 Å². The summed E-state index contributed by atoms with van der Waals surface area (Å²) in [6.07, 6.45) is 1.74. The van der Waals surface area contributed by atoms with E-state index in [0.717, 1.165) is 0 Å². The van der Waals surface area contributed by atoms with Gasteiger partial charge in [-0.1, -0.05) is 6.08 Å². The monoisotopic (exact) mass is 375 g/mol. The van der Waals surface area contributed by atoms with Crippen LogP contribution in [0.1, 0.15) is 50.5 Å². The van der Waals surface area contributed by atoms with Crippen LogP contribution in [0.2, 0.25) is 0 Å². The summed E-state index contributed by atoms with van der Waals surface area (Å²) in [6.45, 7) is 9.38. The standard InChI is InChI=1S/C19H26BNO6/c1-12(22)21-11-15(20-26-18(2,3)19(4,5)27-20)10-14-9-13(17(23)24)7-8-16(14)25-6/h7-10H,11H2,1-6H3,(H,21,22)(H,23,24). The highest BCUT2D eigenvalue weighted by molar-refractivity contribution is 6.56. The van der Waals surface area contributed by atoms with Crippen molar-refractivity contribution >= 4 is 25.1 Å². The van der Waals surface area contributed by atoms with Crippen molar-refractivity contribution < 1.29 is 28.7 Å². The number of rotatable bonds is 6. The first-order valence-corrected chi connectivity index (χ1v) is 8.69. The van der Waals surface area contributed by atoms with Crippen LogP contribution in [0.15, 0.2) is 23.7 Å². The molecule has 0 spiro atoms. The van der Waals surface area contributed by atoms with Crippen molar-refractivity contribution in [3.05, 3.63) is 34.8 Å². The van der Waals surface area contributed by atoms with Gasteiger partial charge in [0.1, 0.15) is 5.75 Å². The second-order valence-corrected chi connectivity index (χ2v) is 7.48. The van der Waals surface area contributed by atoms with Crippen LogP contribution in [0.5, 0.6) is 5.75 Å². The van der Waals surface area contributed by atoms with E-state index in [-0.39, 0.29) is 18.0 Å². The van der Waals surface area contributed by atoms with E-state index >= 15 is 0 Å². The Labute approximate surface area is 159 Å². The van der Waals surface area contributed by atoms with E-state index in [0.29, 0.717) is 16.8 Å². The number of methoxy groups -OCH3 is 1. The smallest absolute Gasteiger partial charge is 0.492 e. The molecule has 1 aliphatic heterocycles. The number of ether oxygens (including phenoxy) is 1. The van der Waals surface area contributed by atoms with Crippen LogP contribution < -0.4 is 10.1 Å². The molecule has 1 amide bonds. The first-order chi connectivity index (χ1) is 12.5. The lowest BCUT2D eigenvalue weighted by Gasteiger charge is -2.32. The van der Waals surface area contributed by atoms with Gasteiger partial charge < -0.3 is 24.5 Å². The summed E-state index contributed by atoms with van der Waals surface area (Å²) in [7, 11) is 0.829. The van der Waals surface area contributed by atoms with Crippen molar-refractivity contribution in [3.63, 3.8) is 0 Å². The number of hydrogen-bond acceptors (Lipinski definition) is 5. The van der Waals surface area contributed by atoms with Gasteiger partial charge in [-0.3, -0.25) is 4.79 Å². The minimum absolute atomic E-state index is 0.134. The molecule has 1 heterocycles. The van der Waals surface area contributed by atoms with Crippen LogP contribution in [-0.2, 0) is 14.1 Å². The average Bonchev–Trinajstić information content (AvgIpc) is 2.78. The van der Waals surface area contributed by atoms with Crippen LogP contribution in [-0.4, -0.2) is 49.0 Å². The summed E-state index contributed by atoms with van der Waals surface area (Å²) >= 11 is 0. The Balaban J connectivity index is 2.47. The van der Waals surface area contributed by atoms with Crippen molar-refractivity contribution in [2.75, 3.05) is 13.7 Å². The van der Waals surface area contributed by atoms with Crippen LogP contribution in [0.3, 0.4) is 0 Å². The molecule has 0 atom stereocenters. The number of aromatic carboxylic acids is 1. The number of carbonyl (C=O) groups excluding carboxylic acids is 1. The van der Waals surface area contributed by atoms with Gasteiger partial charge in [0.15, 0.2) is 0 Å². The molecule has 27 heavy (non-hydrogen) atoms. The Hall–Kier alpha value is -2.32. The Bertz CT molecular complexity index is 755. The van der Waals surface area contributed by atoms with Crippen LogP contribution in [0, 0.1) is 0 Å². The second-order valence-electron chi connectivity index (χ2n) is 7.48. The molecule has 0 aliphatic carbocycles. The number of nitrogens with one attached hydrogen (secondary N) is 1. The molecule has 2 N–H and O–H groups in total. The molecule has 8 heteroatoms. The predicted molar refractivity (Wildman–Crippen MR) is 103 cm³/mol. The lowest BCUT2D eigenvalue weighted by atomic mass is 9.76. The van der Waals surface area contributed by atoms with E-state index in [4.69, 9.17) is 14.0 Å². The molecule has 1 fully saturated rings.